The number of benzene rings is 2. The van der Waals surface area contributed by atoms with Crippen molar-refractivity contribution in [2.45, 2.75) is 79.6 Å². The molecule has 34 heavy (non-hydrogen) atoms. The van der Waals surface area contributed by atoms with Crippen LogP contribution in [-0.4, -0.2) is 47.7 Å². The molecule has 0 radical (unpaired) electrons. The van der Waals surface area contributed by atoms with Gasteiger partial charge >= 0.3 is 6.09 Å². The van der Waals surface area contributed by atoms with E-state index in [2.05, 4.69) is 91.3 Å². The first-order valence-electron chi connectivity index (χ1n) is 12.8. The minimum Gasteiger partial charge on any atom is -0.444 e. The summed E-state index contributed by atoms with van der Waals surface area (Å²) in [5.41, 5.74) is 4.33. The highest BCUT2D eigenvalue weighted by molar-refractivity contribution is 5.68. The van der Waals surface area contributed by atoms with Gasteiger partial charge in [-0.3, -0.25) is 9.80 Å². The smallest absolute Gasteiger partial charge is 0.408 e. The second-order valence-electron chi connectivity index (χ2n) is 9.88. The van der Waals surface area contributed by atoms with E-state index >= 15 is 0 Å². The summed E-state index contributed by atoms with van der Waals surface area (Å²) in [4.78, 5) is 17.4. The molecule has 0 aliphatic rings. The Labute approximate surface area is 207 Å². The highest BCUT2D eigenvalue weighted by atomic mass is 16.6. The number of amides is 1. The molecular weight excluding hydrogens is 422 g/mol. The molecule has 0 aliphatic carbocycles. The van der Waals surface area contributed by atoms with Crippen LogP contribution in [0.2, 0.25) is 0 Å². The molecule has 5 heteroatoms. The Hall–Kier alpha value is -2.37. The Morgan fingerprint density at radius 2 is 1.18 bits per heavy atom. The maximum Gasteiger partial charge on any atom is 0.408 e. The van der Waals surface area contributed by atoms with Crippen molar-refractivity contribution in [2.75, 3.05) is 26.2 Å². The molecule has 5 nitrogen and oxygen atoms in total. The third kappa shape index (κ3) is 9.47. The van der Waals surface area contributed by atoms with Crippen LogP contribution >= 0.6 is 0 Å². The molecule has 0 aromatic heterocycles. The van der Waals surface area contributed by atoms with Gasteiger partial charge < -0.3 is 10.1 Å². The number of nitrogens with one attached hydrogen (secondary N) is 1. The fraction of sp³-hybridized carbons (Fsp3) is 0.552. The van der Waals surface area contributed by atoms with Gasteiger partial charge in [0.2, 0.25) is 0 Å². The average molecular weight is 468 g/mol. The van der Waals surface area contributed by atoms with E-state index in [4.69, 9.17) is 4.74 Å². The van der Waals surface area contributed by atoms with Gasteiger partial charge in [-0.25, -0.2) is 4.79 Å². The number of hydrogen-bond donors (Lipinski definition) is 1. The molecule has 2 rings (SSSR count). The van der Waals surface area contributed by atoms with Gasteiger partial charge in [-0.1, -0.05) is 76.2 Å². The van der Waals surface area contributed by atoms with Gasteiger partial charge in [-0.05, 0) is 75.6 Å². The average Bonchev–Trinajstić information content (AvgIpc) is 2.80. The van der Waals surface area contributed by atoms with Crippen molar-refractivity contribution in [3.63, 3.8) is 0 Å². The van der Waals surface area contributed by atoms with Crippen LogP contribution in [0.5, 0.6) is 0 Å². The minimum absolute atomic E-state index is 0.161. The lowest BCUT2D eigenvalue weighted by molar-refractivity contribution is 0.0503. The fourth-order valence-corrected chi connectivity index (χ4v) is 3.98. The molecule has 2 aromatic carbocycles. The van der Waals surface area contributed by atoms with E-state index in [1.54, 1.807) is 0 Å². The summed E-state index contributed by atoms with van der Waals surface area (Å²) in [7, 11) is 0. The molecule has 1 N–H and O–H groups in total. The van der Waals surface area contributed by atoms with Crippen molar-refractivity contribution in [2.24, 2.45) is 0 Å². The van der Waals surface area contributed by atoms with Crippen LogP contribution in [0.25, 0.3) is 0 Å². The molecule has 1 atom stereocenters. The first kappa shape index (κ1) is 27.9. The normalized spacial score (nSPS) is 12.7. The summed E-state index contributed by atoms with van der Waals surface area (Å²) in [5.74, 6) is 0. The number of alkyl carbamates (subject to hydrolysis) is 1. The Morgan fingerprint density at radius 3 is 1.59 bits per heavy atom. The summed E-state index contributed by atoms with van der Waals surface area (Å²) >= 11 is 0. The van der Waals surface area contributed by atoms with Crippen molar-refractivity contribution in [1.29, 1.82) is 0 Å². The number of nitrogens with zero attached hydrogens (tertiary/aromatic N) is 2. The predicted octanol–water partition coefficient (Wildman–Crippen LogP) is 6.18. The highest BCUT2D eigenvalue weighted by Crippen LogP contribution is 2.22. The second kappa shape index (κ2) is 13.5. The topological polar surface area (TPSA) is 44.8 Å². The molecule has 1 unspecified atom stereocenters. The van der Waals surface area contributed by atoms with Crippen molar-refractivity contribution in [3.05, 3.63) is 70.8 Å². The zero-order chi connectivity index (χ0) is 25.1. The predicted molar refractivity (Wildman–Crippen MR) is 142 cm³/mol. The SMILES string of the molecule is CCN(CC)Cc1ccc(CC(NC(=O)OC(C)(C)C)c2ccc(CN(CC)CC)cc2)cc1. The Bertz CT molecular complexity index is 848. The van der Waals surface area contributed by atoms with Crippen LogP contribution in [0.4, 0.5) is 4.79 Å². The quantitative estimate of drug-likeness (QED) is 0.405. The minimum atomic E-state index is -0.533. The summed E-state index contributed by atoms with van der Waals surface area (Å²) in [6, 6.07) is 17.2. The lowest BCUT2D eigenvalue weighted by Crippen LogP contribution is -2.35. The van der Waals surface area contributed by atoms with Gasteiger partial charge in [0.1, 0.15) is 5.60 Å². The maximum atomic E-state index is 12.6. The van der Waals surface area contributed by atoms with E-state index in [1.165, 1.54) is 16.7 Å². The van der Waals surface area contributed by atoms with Gasteiger partial charge in [0.25, 0.3) is 0 Å². The Balaban J connectivity index is 2.18. The zero-order valence-corrected chi connectivity index (χ0v) is 22.4. The second-order valence-corrected chi connectivity index (χ2v) is 9.88. The number of hydrogen-bond acceptors (Lipinski definition) is 4. The van der Waals surface area contributed by atoms with Crippen LogP contribution in [0.1, 0.15) is 76.8 Å². The summed E-state index contributed by atoms with van der Waals surface area (Å²) in [5, 5.41) is 3.11. The first-order chi connectivity index (χ1) is 16.2. The third-order valence-corrected chi connectivity index (χ3v) is 6.14. The van der Waals surface area contributed by atoms with Gasteiger partial charge in [0, 0.05) is 13.1 Å². The van der Waals surface area contributed by atoms with Crippen molar-refractivity contribution >= 4 is 6.09 Å². The molecule has 0 bridgehead atoms. The molecule has 0 saturated carbocycles. The zero-order valence-electron chi connectivity index (χ0n) is 22.4. The summed E-state index contributed by atoms with van der Waals surface area (Å²) < 4.78 is 5.56. The summed E-state index contributed by atoms with van der Waals surface area (Å²) in [6.45, 7) is 20.5. The van der Waals surface area contributed by atoms with Crippen LogP contribution in [0.3, 0.4) is 0 Å². The molecule has 1 amide bonds. The van der Waals surface area contributed by atoms with E-state index < -0.39 is 5.60 Å². The fourth-order valence-electron chi connectivity index (χ4n) is 3.98. The van der Waals surface area contributed by atoms with E-state index in [-0.39, 0.29) is 12.1 Å². The standard InChI is InChI=1S/C29H45N3O2/c1-8-31(9-2)21-24-14-12-23(13-15-24)20-27(30-28(33)34-29(5,6)7)26-18-16-25(17-19-26)22-32(10-3)11-4/h12-19,27H,8-11,20-22H2,1-7H3,(H,30,33). The molecule has 0 fully saturated rings. The molecule has 2 aromatic rings. The van der Waals surface area contributed by atoms with E-state index in [9.17, 15) is 4.79 Å². The lowest BCUT2D eigenvalue weighted by Gasteiger charge is -2.25. The molecule has 188 valence electrons. The largest absolute Gasteiger partial charge is 0.444 e. The third-order valence-electron chi connectivity index (χ3n) is 6.14. The Morgan fingerprint density at radius 1 is 0.765 bits per heavy atom. The van der Waals surface area contributed by atoms with Crippen molar-refractivity contribution < 1.29 is 9.53 Å². The van der Waals surface area contributed by atoms with Gasteiger partial charge in [0.05, 0.1) is 6.04 Å². The highest BCUT2D eigenvalue weighted by Gasteiger charge is 2.21. The molecule has 0 saturated heterocycles. The van der Waals surface area contributed by atoms with Crippen LogP contribution in [0.15, 0.2) is 48.5 Å². The lowest BCUT2D eigenvalue weighted by atomic mass is 9.97. The first-order valence-corrected chi connectivity index (χ1v) is 12.8. The van der Waals surface area contributed by atoms with Crippen molar-refractivity contribution in [3.8, 4) is 0 Å². The van der Waals surface area contributed by atoms with E-state index in [0.717, 1.165) is 44.8 Å². The van der Waals surface area contributed by atoms with Crippen molar-refractivity contribution in [1.82, 2.24) is 15.1 Å². The summed E-state index contributed by atoms with van der Waals surface area (Å²) in [6.07, 6.45) is 0.322. The number of ether oxygens (including phenoxy) is 1. The van der Waals surface area contributed by atoms with Gasteiger partial charge in [-0.2, -0.15) is 0 Å². The van der Waals surface area contributed by atoms with Gasteiger partial charge in [-0.15, -0.1) is 0 Å². The maximum absolute atomic E-state index is 12.6. The van der Waals surface area contributed by atoms with Crippen LogP contribution in [0, 0.1) is 0 Å². The molecule has 0 heterocycles. The molecule has 0 spiro atoms. The van der Waals surface area contributed by atoms with Crippen LogP contribution in [-0.2, 0) is 24.2 Å². The van der Waals surface area contributed by atoms with E-state index in [0.29, 0.717) is 6.42 Å². The van der Waals surface area contributed by atoms with Crippen LogP contribution < -0.4 is 5.32 Å². The number of carbonyl (C=O) groups is 1. The van der Waals surface area contributed by atoms with Gasteiger partial charge in [0.15, 0.2) is 0 Å². The molecular formula is C29H45N3O2. The van der Waals surface area contributed by atoms with E-state index in [1.807, 2.05) is 20.8 Å². The Kier molecular flexibility index (Phi) is 11.1. The number of rotatable bonds is 12. The molecule has 0 aliphatic heterocycles. The number of carbonyl (C=O) groups excluding carboxylic acids is 1. The monoisotopic (exact) mass is 467 g/mol.